The number of esters is 1. The van der Waals surface area contributed by atoms with E-state index >= 15 is 0 Å². The van der Waals surface area contributed by atoms with Crippen LogP contribution in [0.1, 0.15) is 13.8 Å². The molecule has 0 aliphatic heterocycles. The first-order valence-corrected chi connectivity index (χ1v) is 5.62. The third-order valence-corrected chi connectivity index (χ3v) is 2.16. The van der Waals surface area contributed by atoms with Crippen LogP contribution in [-0.4, -0.2) is 28.6 Å². The second-order valence-electron chi connectivity index (χ2n) is 2.84. The van der Waals surface area contributed by atoms with Crippen molar-refractivity contribution < 1.29 is 9.53 Å². The van der Waals surface area contributed by atoms with Gasteiger partial charge in [-0.15, -0.1) is 0 Å². The molecule has 1 unspecified atom stereocenters. The summed E-state index contributed by atoms with van der Waals surface area (Å²) >= 11 is 2.11. The molecule has 0 aliphatic rings. The van der Waals surface area contributed by atoms with Crippen LogP contribution in [-0.2, 0) is 9.53 Å². The molecule has 0 saturated carbocycles. The number of nitrogens with zero attached hydrogens (tertiary/aromatic N) is 2. The summed E-state index contributed by atoms with van der Waals surface area (Å²) in [6.45, 7) is 3.85. The maximum Gasteiger partial charge on any atom is 0.328 e. The summed E-state index contributed by atoms with van der Waals surface area (Å²) < 4.78 is 5.79. The SMILES string of the molecule is CCOC(=O)C(C)Nc1ncc(I)cn1. The number of carbonyl (C=O) groups excluding carboxylic acids is 1. The molecule has 0 radical (unpaired) electrons. The van der Waals surface area contributed by atoms with Gasteiger partial charge in [0.25, 0.3) is 0 Å². The van der Waals surface area contributed by atoms with Crippen LogP contribution in [0.25, 0.3) is 0 Å². The standard InChI is InChI=1S/C9H12IN3O2/c1-3-15-8(14)6(2)13-9-11-4-7(10)5-12-9/h4-6H,3H2,1-2H3,(H,11,12,13). The summed E-state index contributed by atoms with van der Waals surface area (Å²) in [6, 6.07) is -0.440. The summed E-state index contributed by atoms with van der Waals surface area (Å²) in [5, 5.41) is 2.85. The van der Waals surface area contributed by atoms with Gasteiger partial charge in [-0.25, -0.2) is 14.8 Å². The average Bonchev–Trinajstić information content (AvgIpc) is 2.22. The minimum Gasteiger partial charge on any atom is -0.464 e. The molecule has 1 N–H and O–H groups in total. The van der Waals surface area contributed by atoms with Crippen molar-refractivity contribution in [2.75, 3.05) is 11.9 Å². The van der Waals surface area contributed by atoms with Gasteiger partial charge in [-0.3, -0.25) is 0 Å². The lowest BCUT2D eigenvalue weighted by molar-refractivity contribution is -0.143. The van der Waals surface area contributed by atoms with Crippen LogP contribution in [0.15, 0.2) is 12.4 Å². The number of hydrogen-bond donors (Lipinski definition) is 1. The van der Waals surface area contributed by atoms with E-state index in [1.807, 2.05) is 0 Å². The lowest BCUT2D eigenvalue weighted by atomic mass is 10.3. The van der Waals surface area contributed by atoms with Crippen molar-refractivity contribution >= 4 is 34.5 Å². The van der Waals surface area contributed by atoms with E-state index in [2.05, 4.69) is 37.9 Å². The molecule has 6 heteroatoms. The molecular weight excluding hydrogens is 309 g/mol. The van der Waals surface area contributed by atoms with Crippen LogP contribution in [0.2, 0.25) is 0 Å². The number of halogens is 1. The number of carbonyl (C=O) groups is 1. The molecule has 0 aromatic carbocycles. The second kappa shape index (κ2) is 5.84. The van der Waals surface area contributed by atoms with Crippen LogP contribution in [0.5, 0.6) is 0 Å². The molecule has 0 bridgehead atoms. The largest absolute Gasteiger partial charge is 0.464 e. The Morgan fingerprint density at radius 1 is 1.60 bits per heavy atom. The van der Waals surface area contributed by atoms with Crippen LogP contribution >= 0.6 is 22.6 Å². The zero-order valence-electron chi connectivity index (χ0n) is 8.53. The molecule has 1 aromatic rings. The molecule has 0 spiro atoms. The first-order chi connectivity index (χ1) is 7.13. The van der Waals surface area contributed by atoms with E-state index in [9.17, 15) is 4.79 Å². The summed E-state index contributed by atoms with van der Waals surface area (Å²) in [7, 11) is 0. The Morgan fingerprint density at radius 2 is 2.20 bits per heavy atom. The third kappa shape index (κ3) is 3.98. The Kier molecular flexibility index (Phi) is 4.73. The summed E-state index contributed by atoms with van der Waals surface area (Å²) in [5.41, 5.74) is 0. The zero-order valence-corrected chi connectivity index (χ0v) is 10.7. The van der Waals surface area contributed by atoms with Crippen molar-refractivity contribution in [1.82, 2.24) is 9.97 Å². The van der Waals surface area contributed by atoms with Gasteiger partial charge in [0.15, 0.2) is 0 Å². The molecule has 1 heterocycles. The van der Waals surface area contributed by atoms with E-state index in [-0.39, 0.29) is 5.97 Å². The fourth-order valence-corrected chi connectivity index (χ4v) is 1.19. The number of rotatable bonds is 4. The van der Waals surface area contributed by atoms with E-state index in [0.717, 1.165) is 3.57 Å². The molecule has 0 amide bonds. The van der Waals surface area contributed by atoms with Crippen LogP contribution < -0.4 is 5.32 Å². The molecule has 1 aromatic heterocycles. The molecule has 15 heavy (non-hydrogen) atoms. The highest BCUT2D eigenvalue weighted by Gasteiger charge is 2.14. The monoisotopic (exact) mass is 321 g/mol. The van der Waals surface area contributed by atoms with Crippen LogP contribution in [0.4, 0.5) is 5.95 Å². The Morgan fingerprint density at radius 3 is 2.73 bits per heavy atom. The number of hydrogen-bond acceptors (Lipinski definition) is 5. The molecule has 1 atom stereocenters. The fraction of sp³-hybridized carbons (Fsp3) is 0.444. The molecule has 0 saturated heterocycles. The number of ether oxygens (including phenoxy) is 1. The van der Waals surface area contributed by atoms with Gasteiger partial charge in [0.05, 0.1) is 6.61 Å². The minimum atomic E-state index is -0.440. The topological polar surface area (TPSA) is 64.1 Å². The van der Waals surface area contributed by atoms with Crippen molar-refractivity contribution in [1.29, 1.82) is 0 Å². The van der Waals surface area contributed by atoms with Gasteiger partial charge in [0, 0.05) is 16.0 Å². The van der Waals surface area contributed by atoms with Crippen LogP contribution in [0, 0.1) is 3.57 Å². The van der Waals surface area contributed by atoms with Crippen molar-refractivity contribution in [2.45, 2.75) is 19.9 Å². The predicted octanol–water partition coefficient (Wildman–Crippen LogP) is 1.44. The van der Waals surface area contributed by atoms with Gasteiger partial charge >= 0.3 is 5.97 Å². The van der Waals surface area contributed by atoms with E-state index in [4.69, 9.17) is 4.74 Å². The van der Waals surface area contributed by atoms with Crippen molar-refractivity contribution in [3.63, 3.8) is 0 Å². The normalized spacial score (nSPS) is 11.9. The first kappa shape index (κ1) is 12.2. The maximum atomic E-state index is 11.3. The van der Waals surface area contributed by atoms with Gasteiger partial charge in [0.1, 0.15) is 6.04 Å². The molecule has 82 valence electrons. The number of nitrogens with one attached hydrogen (secondary N) is 1. The molecular formula is C9H12IN3O2. The summed E-state index contributed by atoms with van der Waals surface area (Å²) in [6.07, 6.45) is 3.35. The summed E-state index contributed by atoms with van der Waals surface area (Å²) in [4.78, 5) is 19.3. The van der Waals surface area contributed by atoms with Crippen molar-refractivity contribution in [3.05, 3.63) is 16.0 Å². The number of anilines is 1. The van der Waals surface area contributed by atoms with Gasteiger partial charge in [-0.1, -0.05) is 0 Å². The van der Waals surface area contributed by atoms with E-state index in [0.29, 0.717) is 12.6 Å². The first-order valence-electron chi connectivity index (χ1n) is 4.54. The predicted molar refractivity (Wildman–Crippen MR) is 64.5 cm³/mol. The van der Waals surface area contributed by atoms with Crippen LogP contribution in [0.3, 0.4) is 0 Å². The smallest absolute Gasteiger partial charge is 0.328 e. The minimum absolute atomic E-state index is 0.306. The van der Waals surface area contributed by atoms with E-state index in [1.54, 1.807) is 26.2 Å². The molecule has 1 rings (SSSR count). The highest BCUT2D eigenvalue weighted by molar-refractivity contribution is 14.1. The highest BCUT2D eigenvalue weighted by Crippen LogP contribution is 2.04. The van der Waals surface area contributed by atoms with E-state index in [1.165, 1.54) is 0 Å². The zero-order chi connectivity index (χ0) is 11.3. The molecule has 0 fully saturated rings. The van der Waals surface area contributed by atoms with Crippen molar-refractivity contribution in [2.24, 2.45) is 0 Å². The average molecular weight is 321 g/mol. The lowest BCUT2D eigenvalue weighted by Crippen LogP contribution is -2.28. The number of aromatic nitrogens is 2. The Labute approximate surface area is 102 Å². The quantitative estimate of drug-likeness (QED) is 0.672. The summed E-state index contributed by atoms with van der Waals surface area (Å²) in [5.74, 6) is 0.121. The highest BCUT2D eigenvalue weighted by atomic mass is 127. The van der Waals surface area contributed by atoms with Gasteiger partial charge in [-0.05, 0) is 36.4 Å². The maximum absolute atomic E-state index is 11.3. The lowest BCUT2D eigenvalue weighted by Gasteiger charge is -2.11. The molecule has 5 nitrogen and oxygen atoms in total. The Balaban J connectivity index is 2.54. The Bertz CT molecular complexity index is 329. The van der Waals surface area contributed by atoms with Gasteiger partial charge in [0.2, 0.25) is 5.95 Å². The van der Waals surface area contributed by atoms with E-state index < -0.39 is 6.04 Å². The van der Waals surface area contributed by atoms with Crippen molar-refractivity contribution in [3.8, 4) is 0 Å². The molecule has 0 aliphatic carbocycles. The second-order valence-corrected chi connectivity index (χ2v) is 4.09. The third-order valence-electron chi connectivity index (χ3n) is 1.61. The Hall–Kier alpha value is -0.920. The van der Waals surface area contributed by atoms with Gasteiger partial charge in [-0.2, -0.15) is 0 Å². The fourth-order valence-electron chi connectivity index (χ4n) is 0.907. The van der Waals surface area contributed by atoms with Gasteiger partial charge < -0.3 is 10.1 Å².